The molecule has 1 heterocycles. The highest BCUT2D eigenvalue weighted by atomic mass is 35.5. The molecule has 2 rings (SSSR count). The molecule has 0 spiro atoms. The molecule has 1 fully saturated rings. The van der Waals surface area contributed by atoms with Crippen LogP contribution in [0, 0.1) is 0 Å². The molecule has 6 heteroatoms. The van der Waals surface area contributed by atoms with Crippen LogP contribution >= 0.6 is 23.2 Å². The third-order valence-corrected chi connectivity index (χ3v) is 5.49. The lowest BCUT2D eigenvalue weighted by Gasteiger charge is -2.20. The maximum absolute atomic E-state index is 11.4. The highest BCUT2D eigenvalue weighted by Crippen LogP contribution is 2.27. The predicted molar refractivity (Wildman–Crippen MR) is 75.1 cm³/mol. The predicted octanol–water partition coefficient (Wildman–Crippen LogP) is 2.83. The topological polar surface area (TPSA) is 46.2 Å². The second-order valence-corrected chi connectivity index (χ2v) is 7.73. The third kappa shape index (κ3) is 3.38. The van der Waals surface area contributed by atoms with E-state index in [2.05, 4.69) is 5.32 Å². The summed E-state index contributed by atoms with van der Waals surface area (Å²) in [5.74, 6) is 0.468. The van der Waals surface area contributed by atoms with Crippen molar-refractivity contribution in [3.63, 3.8) is 0 Å². The minimum Gasteiger partial charge on any atom is -0.306 e. The maximum atomic E-state index is 11.4. The van der Waals surface area contributed by atoms with Gasteiger partial charge < -0.3 is 5.32 Å². The first-order valence-electron chi connectivity index (χ1n) is 5.79. The van der Waals surface area contributed by atoms with Crippen molar-refractivity contribution in [1.29, 1.82) is 0 Å². The number of sulfone groups is 1. The van der Waals surface area contributed by atoms with Gasteiger partial charge in [-0.1, -0.05) is 23.2 Å². The Morgan fingerprint density at radius 3 is 2.72 bits per heavy atom. The van der Waals surface area contributed by atoms with Crippen LogP contribution in [0.5, 0.6) is 0 Å². The fraction of sp³-hybridized carbons (Fsp3) is 0.500. The van der Waals surface area contributed by atoms with Gasteiger partial charge in [-0.3, -0.25) is 0 Å². The Labute approximate surface area is 117 Å². The van der Waals surface area contributed by atoms with Crippen molar-refractivity contribution >= 4 is 33.0 Å². The van der Waals surface area contributed by atoms with Gasteiger partial charge in [-0.15, -0.1) is 0 Å². The molecule has 2 unspecified atom stereocenters. The van der Waals surface area contributed by atoms with Gasteiger partial charge in [0.15, 0.2) is 9.84 Å². The first kappa shape index (κ1) is 14.1. The van der Waals surface area contributed by atoms with Crippen LogP contribution in [0.1, 0.15) is 24.9 Å². The number of halogens is 2. The fourth-order valence-corrected chi connectivity index (χ4v) is 4.36. The van der Waals surface area contributed by atoms with Crippen LogP contribution in [0.2, 0.25) is 10.0 Å². The normalized spacial score (nSPS) is 24.1. The van der Waals surface area contributed by atoms with E-state index >= 15 is 0 Å². The molecule has 0 aliphatic carbocycles. The largest absolute Gasteiger partial charge is 0.306 e. The zero-order valence-electron chi connectivity index (χ0n) is 9.99. The number of benzene rings is 1. The summed E-state index contributed by atoms with van der Waals surface area (Å²) >= 11 is 12.1. The number of hydrogen-bond acceptors (Lipinski definition) is 3. The molecule has 0 bridgehead atoms. The lowest BCUT2D eigenvalue weighted by Crippen LogP contribution is -2.32. The SMILES string of the molecule is CC(NC1CCS(=O)(=O)C1)c1cc(Cl)ccc1Cl. The van der Waals surface area contributed by atoms with Gasteiger partial charge in [0.2, 0.25) is 0 Å². The van der Waals surface area contributed by atoms with E-state index in [4.69, 9.17) is 23.2 Å². The van der Waals surface area contributed by atoms with Crippen LogP contribution in [0.15, 0.2) is 18.2 Å². The van der Waals surface area contributed by atoms with Crippen LogP contribution in [-0.2, 0) is 9.84 Å². The number of hydrogen-bond donors (Lipinski definition) is 1. The highest BCUT2D eigenvalue weighted by Gasteiger charge is 2.29. The molecule has 2 atom stereocenters. The quantitative estimate of drug-likeness (QED) is 0.934. The molecule has 0 saturated carbocycles. The lowest BCUT2D eigenvalue weighted by atomic mass is 10.1. The van der Waals surface area contributed by atoms with Crippen molar-refractivity contribution in [2.24, 2.45) is 0 Å². The van der Waals surface area contributed by atoms with Crippen molar-refractivity contribution < 1.29 is 8.42 Å². The van der Waals surface area contributed by atoms with E-state index in [0.29, 0.717) is 16.5 Å². The summed E-state index contributed by atoms with van der Waals surface area (Å²) in [6, 6.07) is 5.28. The summed E-state index contributed by atoms with van der Waals surface area (Å²) in [5.41, 5.74) is 0.897. The molecule has 1 aliphatic heterocycles. The molecule has 1 N–H and O–H groups in total. The van der Waals surface area contributed by atoms with Gasteiger partial charge in [0.05, 0.1) is 11.5 Å². The van der Waals surface area contributed by atoms with E-state index in [1.165, 1.54) is 0 Å². The van der Waals surface area contributed by atoms with Crippen molar-refractivity contribution in [2.75, 3.05) is 11.5 Å². The molecule has 1 aliphatic rings. The van der Waals surface area contributed by atoms with Crippen LogP contribution in [0.25, 0.3) is 0 Å². The first-order valence-corrected chi connectivity index (χ1v) is 8.36. The smallest absolute Gasteiger partial charge is 0.151 e. The van der Waals surface area contributed by atoms with Crippen molar-refractivity contribution in [2.45, 2.75) is 25.4 Å². The van der Waals surface area contributed by atoms with E-state index in [9.17, 15) is 8.42 Å². The maximum Gasteiger partial charge on any atom is 0.151 e. The van der Waals surface area contributed by atoms with E-state index in [0.717, 1.165) is 5.56 Å². The Balaban J connectivity index is 2.08. The van der Waals surface area contributed by atoms with Crippen LogP contribution in [-0.4, -0.2) is 26.0 Å². The van der Waals surface area contributed by atoms with Gasteiger partial charge in [0.25, 0.3) is 0 Å². The van der Waals surface area contributed by atoms with Gasteiger partial charge in [0, 0.05) is 22.1 Å². The minimum absolute atomic E-state index is 0.0000447. The van der Waals surface area contributed by atoms with E-state index in [1.807, 2.05) is 13.0 Å². The summed E-state index contributed by atoms with van der Waals surface area (Å²) in [7, 11) is -2.86. The van der Waals surface area contributed by atoms with Crippen LogP contribution < -0.4 is 5.32 Å². The summed E-state index contributed by atoms with van der Waals surface area (Å²) in [6.07, 6.45) is 0.658. The van der Waals surface area contributed by atoms with Gasteiger partial charge in [-0.25, -0.2) is 8.42 Å². The molecule has 1 saturated heterocycles. The molecule has 18 heavy (non-hydrogen) atoms. The van der Waals surface area contributed by atoms with Crippen molar-refractivity contribution in [3.8, 4) is 0 Å². The summed E-state index contributed by atoms with van der Waals surface area (Å²) in [4.78, 5) is 0. The Morgan fingerprint density at radius 1 is 1.39 bits per heavy atom. The Hall–Kier alpha value is -0.290. The average molecular weight is 308 g/mol. The molecule has 0 aromatic heterocycles. The molecule has 1 aromatic carbocycles. The van der Waals surface area contributed by atoms with Crippen LogP contribution in [0.3, 0.4) is 0 Å². The molecule has 0 amide bonds. The first-order chi connectivity index (χ1) is 8.37. The van der Waals surface area contributed by atoms with E-state index in [1.54, 1.807) is 12.1 Å². The zero-order chi connectivity index (χ0) is 13.3. The van der Waals surface area contributed by atoms with E-state index < -0.39 is 9.84 Å². The molecule has 0 radical (unpaired) electrons. The molecular formula is C12H15Cl2NO2S. The van der Waals surface area contributed by atoms with Crippen molar-refractivity contribution in [1.82, 2.24) is 5.32 Å². The van der Waals surface area contributed by atoms with Gasteiger partial charge >= 0.3 is 0 Å². The summed E-state index contributed by atoms with van der Waals surface area (Å²) in [6.45, 7) is 1.96. The molecule has 3 nitrogen and oxygen atoms in total. The zero-order valence-corrected chi connectivity index (χ0v) is 12.3. The summed E-state index contributed by atoms with van der Waals surface area (Å²) in [5, 5.41) is 4.56. The van der Waals surface area contributed by atoms with Gasteiger partial charge in [0.1, 0.15) is 0 Å². The monoisotopic (exact) mass is 307 g/mol. The molecular weight excluding hydrogens is 293 g/mol. The fourth-order valence-electron chi connectivity index (χ4n) is 2.22. The number of rotatable bonds is 3. The second kappa shape index (κ2) is 5.37. The van der Waals surface area contributed by atoms with Crippen molar-refractivity contribution in [3.05, 3.63) is 33.8 Å². The standard InChI is InChI=1S/C12H15Cl2NO2S/c1-8(11-6-9(13)2-3-12(11)14)15-10-4-5-18(16,17)7-10/h2-3,6,8,10,15H,4-5,7H2,1H3. The third-order valence-electron chi connectivity index (χ3n) is 3.14. The van der Waals surface area contributed by atoms with Gasteiger partial charge in [-0.05, 0) is 37.1 Å². The minimum atomic E-state index is -2.86. The molecule has 100 valence electrons. The Bertz CT molecular complexity index is 545. The summed E-state index contributed by atoms with van der Waals surface area (Å²) < 4.78 is 22.8. The highest BCUT2D eigenvalue weighted by molar-refractivity contribution is 7.91. The second-order valence-electron chi connectivity index (χ2n) is 4.65. The average Bonchev–Trinajstić information content (AvgIpc) is 2.61. The van der Waals surface area contributed by atoms with Gasteiger partial charge in [-0.2, -0.15) is 0 Å². The number of nitrogens with one attached hydrogen (secondary N) is 1. The lowest BCUT2D eigenvalue weighted by molar-refractivity contribution is 0.485. The molecule has 1 aromatic rings. The van der Waals surface area contributed by atoms with Crippen LogP contribution in [0.4, 0.5) is 0 Å². The van der Waals surface area contributed by atoms with E-state index in [-0.39, 0.29) is 23.6 Å². The Kier molecular flexibility index (Phi) is 4.22. The Morgan fingerprint density at radius 2 is 2.11 bits per heavy atom.